The minimum absolute atomic E-state index is 0.146. The van der Waals surface area contributed by atoms with Gasteiger partial charge in [0, 0.05) is 13.0 Å². The minimum atomic E-state index is -0.668. The fourth-order valence-corrected chi connectivity index (χ4v) is 1.56. The third-order valence-electron chi connectivity index (χ3n) is 2.80. The third kappa shape index (κ3) is 5.40. The molecule has 5 heteroatoms. The number of ether oxygens (including phenoxy) is 1. The first-order chi connectivity index (χ1) is 9.54. The summed E-state index contributed by atoms with van der Waals surface area (Å²) in [5.74, 6) is -0.592. The van der Waals surface area contributed by atoms with E-state index >= 15 is 0 Å². The average Bonchev–Trinajstić information content (AvgIpc) is 2.46. The zero-order chi connectivity index (χ0) is 15.0. The molecule has 20 heavy (non-hydrogen) atoms. The molecule has 0 aromatic heterocycles. The number of carbonyl (C=O) groups excluding carboxylic acids is 2. The van der Waals surface area contributed by atoms with Crippen LogP contribution in [0.25, 0.3) is 0 Å². The van der Waals surface area contributed by atoms with Gasteiger partial charge in [0.1, 0.15) is 6.04 Å². The molecule has 0 heterocycles. The SMILES string of the molecule is CNC(=O)C(COCc1ccccc1)NC(=O)C(C)C. The molecule has 2 N–H and O–H groups in total. The molecule has 2 amide bonds. The second-order valence-corrected chi connectivity index (χ2v) is 4.83. The topological polar surface area (TPSA) is 67.4 Å². The highest BCUT2D eigenvalue weighted by atomic mass is 16.5. The van der Waals surface area contributed by atoms with E-state index in [-0.39, 0.29) is 24.3 Å². The monoisotopic (exact) mass is 278 g/mol. The van der Waals surface area contributed by atoms with Crippen LogP contribution >= 0.6 is 0 Å². The zero-order valence-corrected chi connectivity index (χ0v) is 12.2. The molecule has 1 atom stereocenters. The number of likely N-dealkylation sites (N-methyl/N-ethyl adjacent to an activating group) is 1. The number of hydrogen-bond donors (Lipinski definition) is 2. The molecule has 110 valence electrons. The maximum absolute atomic E-state index is 11.7. The number of carbonyl (C=O) groups is 2. The normalized spacial score (nSPS) is 12.0. The van der Waals surface area contributed by atoms with Crippen molar-refractivity contribution in [2.45, 2.75) is 26.5 Å². The van der Waals surface area contributed by atoms with Crippen LogP contribution in [0.3, 0.4) is 0 Å². The van der Waals surface area contributed by atoms with Crippen LogP contribution in [0, 0.1) is 5.92 Å². The van der Waals surface area contributed by atoms with E-state index in [9.17, 15) is 9.59 Å². The molecule has 0 saturated heterocycles. The smallest absolute Gasteiger partial charge is 0.244 e. The quantitative estimate of drug-likeness (QED) is 0.784. The Morgan fingerprint density at radius 2 is 1.80 bits per heavy atom. The number of benzene rings is 1. The molecule has 1 unspecified atom stereocenters. The lowest BCUT2D eigenvalue weighted by atomic mass is 10.2. The molecule has 0 saturated carbocycles. The largest absolute Gasteiger partial charge is 0.374 e. The van der Waals surface area contributed by atoms with Crippen molar-refractivity contribution in [3.05, 3.63) is 35.9 Å². The Labute approximate surface area is 119 Å². The summed E-state index contributed by atoms with van der Waals surface area (Å²) in [6, 6.07) is 9.01. The standard InChI is InChI=1S/C15H22N2O3/c1-11(2)14(18)17-13(15(19)16-3)10-20-9-12-7-5-4-6-8-12/h4-8,11,13H,9-10H2,1-3H3,(H,16,19)(H,17,18). The van der Waals surface area contributed by atoms with E-state index in [0.29, 0.717) is 6.61 Å². The second-order valence-electron chi connectivity index (χ2n) is 4.83. The Morgan fingerprint density at radius 3 is 2.35 bits per heavy atom. The summed E-state index contributed by atoms with van der Waals surface area (Å²) in [6.45, 7) is 4.11. The first-order valence-corrected chi connectivity index (χ1v) is 6.68. The summed E-state index contributed by atoms with van der Waals surface area (Å²) in [5.41, 5.74) is 1.03. The third-order valence-corrected chi connectivity index (χ3v) is 2.80. The van der Waals surface area contributed by atoms with Gasteiger partial charge in [-0.3, -0.25) is 9.59 Å². The molecule has 0 aliphatic rings. The lowest BCUT2D eigenvalue weighted by Crippen LogP contribution is -2.49. The van der Waals surface area contributed by atoms with Gasteiger partial charge < -0.3 is 15.4 Å². The van der Waals surface area contributed by atoms with Gasteiger partial charge in [-0.15, -0.1) is 0 Å². The van der Waals surface area contributed by atoms with Gasteiger partial charge in [-0.05, 0) is 5.56 Å². The Bertz CT molecular complexity index is 432. The van der Waals surface area contributed by atoms with Crippen LogP contribution in [0.5, 0.6) is 0 Å². The fraction of sp³-hybridized carbons (Fsp3) is 0.467. The highest BCUT2D eigenvalue weighted by Gasteiger charge is 2.21. The lowest BCUT2D eigenvalue weighted by molar-refractivity contribution is -0.131. The minimum Gasteiger partial charge on any atom is -0.374 e. The lowest BCUT2D eigenvalue weighted by Gasteiger charge is -2.18. The van der Waals surface area contributed by atoms with Crippen molar-refractivity contribution >= 4 is 11.8 Å². The molecule has 0 fully saturated rings. The van der Waals surface area contributed by atoms with Gasteiger partial charge in [0.25, 0.3) is 0 Å². The van der Waals surface area contributed by atoms with Crippen LogP contribution in [0.15, 0.2) is 30.3 Å². The number of nitrogens with one attached hydrogen (secondary N) is 2. The van der Waals surface area contributed by atoms with Crippen molar-refractivity contribution in [2.75, 3.05) is 13.7 Å². The molecule has 1 aromatic carbocycles. The summed E-state index contributed by atoms with van der Waals surface area (Å²) in [4.78, 5) is 23.4. The van der Waals surface area contributed by atoms with Crippen molar-refractivity contribution in [2.24, 2.45) is 5.92 Å². The van der Waals surface area contributed by atoms with Crippen LogP contribution in [-0.4, -0.2) is 31.5 Å². The molecule has 5 nitrogen and oxygen atoms in total. The van der Waals surface area contributed by atoms with Crippen LogP contribution in [0.2, 0.25) is 0 Å². The summed E-state index contributed by atoms with van der Waals surface area (Å²) >= 11 is 0. The average molecular weight is 278 g/mol. The number of amides is 2. The Kier molecular flexibility index (Phi) is 6.73. The maximum atomic E-state index is 11.7. The van der Waals surface area contributed by atoms with Crippen molar-refractivity contribution in [3.63, 3.8) is 0 Å². The molecule has 0 spiro atoms. The predicted molar refractivity (Wildman–Crippen MR) is 76.9 cm³/mol. The molecule has 1 rings (SSSR count). The molecule has 0 bridgehead atoms. The van der Waals surface area contributed by atoms with Crippen molar-refractivity contribution < 1.29 is 14.3 Å². The summed E-state index contributed by atoms with van der Waals surface area (Å²) < 4.78 is 5.51. The Morgan fingerprint density at radius 1 is 1.15 bits per heavy atom. The summed E-state index contributed by atoms with van der Waals surface area (Å²) in [7, 11) is 1.54. The Hall–Kier alpha value is -1.88. The van der Waals surface area contributed by atoms with E-state index in [1.807, 2.05) is 30.3 Å². The molecule has 0 radical (unpaired) electrons. The van der Waals surface area contributed by atoms with Gasteiger partial charge in [-0.25, -0.2) is 0 Å². The first kappa shape index (κ1) is 16.2. The van der Waals surface area contributed by atoms with Crippen molar-refractivity contribution in [3.8, 4) is 0 Å². The van der Waals surface area contributed by atoms with Crippen LogP contribution in [-0.2, 0) is 20.9 Å². The van der Waals surface area contributed by atoms with Crippen LogP contribution in [0.4, 0.5) is 0 Å². The summed E-state index contributed by atoms with van der Waals surface area (Å²) in [6.07, 6.45) is 0. The van der Waals surface area contributed by atoms with Crippen molar-refractivity contribution in [1.82, 2.24) is 10.6 Å². The van der Waals surface area contributed by atoms with Crippen molar-refractivity contribution in [1.29, 1.82) is 0 Å². The van der Waals surface area contributed by atoms with E-state index in [0.717, 1.165) is 5.56 Å². The van der Waals surface area contributed by atoms with Gasteiger partial charge in [-0.1, -0.05) is 44.2 Å². The second kappa shape index (κ2) is 8.32. The van der Waals surface area contributed by atoms with Gasteiger partial charge in [-0.2, -0.15) is 0 Å². The summed E-state index contributed by atoms with van der Waals surface area (Å²) in [5, 5.41) is 5.20. The van der Waals surface area contributed by atoms with E-state index in [1.54, 1.807) is 13.8 Å². The molecule has 1 aromatic rings. The number of hydrogen-bond acceptors (Lipinski definition) is 3. The van der Waals surface area contributed by atoms with E-state index in [1.165, 1.54) is 7.05 Å². The van der Waals surface area contributed by atoms with Crippen LogP contribution < -0.4 is 10.6 Å². The van der Waals surface area contributed by atoms with E-state index < -0.39 is 6.04 Å². The van der Waals surface area contributed by atoms with Gasteiger partial charge >= 0.3 is 0 Å². The fourth-order valence-electron chi connectivity index (χ4n) is 1.56. The van der Waals surface area contributed by atoms with E-state index in [4.69, 9.17) is 4.74 Å². The van der Waals surface area contributed by atoms with Gasteiger partial charge in [0.05, 0.1) is 13.2 Å². The van der Waals surface area contributed by atoms with Crippen LogP contribution in [0.1, 0.15) is 19.4 Å². The molecular formula is C15H22N2O3. The molecule has 0 aliphatic heterocycles. The van der Waals surface area contributed by atoms with E-state index in [2.05, 4.69) is 10.6 Å². The molecular weight excluding hydrogens is 256 g/mol. The first-order valence-electron chi connectivity index (χ1n) is 6.68. The maximum Gasteiger partial charge on any atom is 0.244 e. The number of rotatable bonds is 7. The predicted octanol–water partition coefficient (Wildman–Crippen LogP) is 1.09. The highest BCUT2D eigenvalue weighted by Crippen LogP contribution is 2.02. The Balaban J connectivity index is 2.48. The zero-order valence-electron chi connectivity index (χ0n) is 12.2. The van der Waals surface area contributed by atoms with Gasteiger partial charge in [0.2, 0.25) is 11.8 Å². The highest BCUT2D eigenvalue weighted by molar-refractivity contribution is 5.88. The van der Waals surface area contributed by atoms with Gasteiger partial charge in [0.15, 0.2) is 0 Å². The molecule has 0 aliphatic carbocycles.